The van der Waals surface area contributed by atoms with Crippen molar-refractivity contribution in [1.82, 2.24) is 9.88 Å². The zero-order valence-electron chi connectivity index (χ0n) is 17.5. The fourth-order valence-corrected chi connectivity index (χ4v) is 3.73. The number of hydrogen-bond donors (Lipinski definition) is 1. The summed E-state index contributed by atoms with van der Waals surface area (Å²) < 4.78 is 11.5. The summed E-state index contributed by atoms with van der Waals surface area (Å²) in [5.41, 5.74) is 0.458. The summed E-state index contributed by atoms with van der Waals surface area (Å²) in [6, 6.07) is 20.0. The van der Waals surface area contributed by atoms with E-state index >= 15 is 0 Å². The fraction of sp³-hybridized carbons (Fsp3) is 0.240. The first-order chi connectivity index (χ1) is 15.6. The van der Waals surface area contributed by atoms with E-state index in [1.54, 1.807) is 29.2 Å². The minimum absolute atomic E-state index is 0.00499. The van der Waals surface area contributed by atoms with Gasteiger partial charge in [0.25, 0.3) is 5.91 Å². The Kier molecular flexibility index (Phi) is 6.65. The van der Waals surface area contributed by atoms with Crippen molar-refractivity contribution in [3.8, 4) is 23.1 Å². The quantitative estimate of drug-likeness (QED) is 0.566. The van der Waals surface area contributed by atoms with Gasteiger partial charge >= 0.3 is 5.97 Å². The summed E-state index contributed by atoms with van der Waals surface area (Å²) in [6.45, 7) is 1.09. The molecule has 0 bridgehead atoms. The number of nitrogens with zero attached hydrogens (tertiary/aromatic N) is 2. The lowest BCUT2D eigenvalue weighted by atomic mass is 9.94. The van der Waals surface area contributed by atoms with Crippen molar-refractivity contribution in [1.29, 1.82) is 0 Å². The van der Waals surface area contributed by atoms with E-state index in [1.807, 2.05) is 42.5 Å². The summed E-state index contributed by atoms with van der Waals surface area (Å²) in [5, 5.41) is 9.01. The monoisotopic (exact) mass is 432 g/mol. The molecule has 2 heterocycles. The Hall–Kier alpha value is -3.87. The molecular formula is C25H24N2O5. The third-order valence-electron chi connectivity index (χ3n) is 5.28. The van der Waals surface area contributed by atoms with E-state index < -0.39 is 5.97 Å². The van der Waals surface area contributed by atoms with Gasteiger partial charge in [-0.3, -0.25) is 9.59 Å². The largest absolute Gasteiger partial charge is 0.481 e. The van der Waals surface area contributed by atoms with E-state index in [-0.39, 0.29) is 18.2 Å². The molecule has 1 saturated heterocycles. The molecule has 0 unspecified atom stereocenters. The van der Waals surface area contributed by atoms with Crippen LogP contribution >= 0.6 is 0 Å². The predicted octanol–water partition coefficient (Wildman–Crippen LogP) is 4.99. The Bertz CT molecular complexity index is 1050. The number of carboxylic acids is 1. The molecule has 7 nitrogen and oxygen atoms in total. The van der Waals surface area contributed by atoms with Gasteiger partial charge in [0.2, 0.25) is 5.88 Å². The Balaban J connectivity index is 1.34. The average Bonchev–Trinajstić information content (AvgIpc) is 2.81. The molecule has 1 amide bonds. The maximum Gasteiger partial charge on any atom is 0.303 e. The van der Waals surface area contributed by atoms with Crippen molar-refractivity contribution in [2.45, 2.75) is 19.3 Å². The lowest BCUT2D eigenvalue weighted by Crippen LogP contribution is -2.40. The number of carbonyl (C=O) groups excluding carboxylic acids is 1. The van der Waals surface area contributed by atoms with Gasteiger partial charge in [-0.15, -0.1) is 0 Å². The van der Waals surface area contributed by atoms with Crippen LogP contribution in [0.2, 0.25) is 0 Å². The number of carbonyl (C=O) groups is 2. The molecule has 32 heavy (non-hydrogen) atoms. The topological polar surface area (TPSA) is 89.0 Å². The maximum atomic E-state index is 12.8. The predicted molar refractivity (Wildman–Crippen MR) is 118 cm³/mol. The number of likely N-dealkylation sites (tertiary alicyclic amines) is 1. The molecule has 1 aliphatic rings. The van der Waals surface area contributed by atoms with Gasteiger partial charge in [0.15, 0.2) is 0 Å². The second-order valence-corrected chi connectivity index (χ2v) is 7.73. The first-order valence-electron chi connectivity index (χ1n) is 10.5. The molecule has 0 radical (unpaired) electrons. The van der Waals surface area contributed by atoms with Crippen LogP contribution in [0.3, 0.4) is 0 Å². The number of pyridine rings is 1. The average molecular weight is 432 g/mol. The number of ether oxygens (including phenoxy) is 2. The van der Waals surface area contributed by atoms with Crippen LogP contribution in [-0.4, -0.2) is 40.0 Å². The normalized spacial score (nSPS) is 15.8. The smallest absolute Gasteiger partial charge is 0.303 e. The lowest BCUT2D eigenvalue weighted by Gasteiger charge is -2.32. The summed E-state index contributed by atoms with van der Waals surface area (Å²) in [6.07, 6.45) is 3.22. The highest BCUT2D eigenvalue weighted by atomic mass is 16.5. The highest BCUT2D eigenvalue weighted by Crippen LogP contribution is 2.26. The molecule has 2 aromatic carbocycles. The molecule has 1 aromatic heterocycles. The van der Waals surface area contributed by atoms with E-state index in [0.29, 0.717) is 36.0 Å². The summed E-state index contributed by atoms with van der Waals surface area (Å²) >= 11 is 0. The molecule has 164 valence electrons. The van der Waals surface area contributed by atoms with Crippen LogP contribution in [0.25, 0.3) is 0 Å². The zero-order chi connectivity index (χ0) is 22.3. The fourth-order valence-electron chi connectivity index (χ4n) is 3.73. The summed E-state index contributed by atoms with van der Waals surface area (Å²) in [7, 11) is 0. The number of aliphatic carboxylic acids is 1. The summed E-state index contributed by atoms with van der Waals surface area (Å²) in [5.74, 6) is 1.46. The van der Waals surface area contributed by atoms with Gasteiger partial charge < -0.3 is 19.5 Å². The Morgan fingerprint density at radius 3 is 2.28 bits per heavy atom. The molecule has 1 N–H and O–H groups in total. The number of aromatic nitrogens is 1. The number of hydrogen-bond acceptors (Lipinski definition) is 5. The van der Waals surface area contributed by atoms with Crippen LogP contribution in [0.1, 0.15) is 29.6 Å². The molecule has 0 spiro atoms. The number of amides is 1. The highest BCUT2D eigenvalue weighted by Gasteiger charge is 2.26. The van der Waals surface area contributed by atoms with E-state index in [4.69, 9.17) is 14.6 Å². The summed E-state index contributed by atoms with van der Waals surface area (Å²) in [4.78, 5) is 29.7. The maximum absolute atomic E-state index is 12.8. The standard InChI is InChI=1S/C25H24N2O5/c28-24(29)15-18-5-4-14-27(17-18)25(30)19-8-13-23(26-16-19)32-22-11-9-21(10-12-22)31-20-6-2-1-3-7-20/h1-3,6-13,16,18H,4-5,14-15,17H2,(H,28,29)/t18-/m0/s1. The number of carboxylic acid groups (broad SMARTS) is 1. The SMILES string of the molecule is O=C(O)C[C@@H]1CCCN(C(=O)c2ccc(Oc3ccc(Oc4ccccc4)cc3)nc2)C1. The molecule has 4 rings (SSSR count). The van der Waals surface area contributed by atoms with Crippen molar-refractivity contribution < 1.29 is 24.2 Å². The number of rotatable bonds is 7. The highest BCUT2D eigenvalue weighted by molar-refractivity contribution is 5.94. The Labute approximate surface area is 186 Å². The van der Waals surface area contributed by atoms with Gasteiger partial charge in [0, 0.05) is 31.8 Å². The minimum Gasteiger partial charge on any atom is -0.481 e. The van der Waals surface area contributed by atoms with Crippen molar-refractivity contribution in [3.05, 3.63) is 78.5 Å². The van der Waals surface area contributed by atoms with Gasteiger partial charge in [0.05, 0.1) is 5.56 Å². The third kappa shape index (κ3) is 5.63. The van der Waals surface area contributed by atoms with Crippen LogP contribution in [0.5, 0.6) is 23.1 Å². The van der Waals surface area contributed by atoms with Crippen LogP contribution in [0.4, 0.5) is 0 Å². The van der Waals surface area contributed by atoms with E-state index in [0.717, 1.165) is 18.6 Å². The number of para-hydroxylation sites is 1. The third-order valence-corrected chi connectivity index (χ3v) is 5.28. The van der Waals surface area contributed by atoms with Crippen molar-refractivity contribution in [2.24, 2.45) is 5.92 Å². The van der Waals surface area contributed by atoms with Crippen LogP contribution in [0.15, 0.2) is 72.9 Å². The Morgan fingerprint density at radius 1 is 0.938 bits per heavy atom. The van der Waals surface area contributed by atoms with Gasteiger partial charge in [-0.2, -0.15) is 0 Å². The molecule has 1 aliphatic heterocycles. The molecule has 3 aromatic rings. The van der Waals surface area contributed by atoms with Gasteiger partial charge in [-0.1, -0.05) is 18.2 Å². The Morgan fingerprint density at radius 2 is 1.62 bits per heavy atom. The van der Waals surface area contributed by atoms with Crippen LogP contribution < -0.4 is 9.47 Å². The van der Waals surface area contributed by atoms with Crippen molar-refractivity contribution >= 4 is 11.9 Å². The second kappa shape index (κ2) is 9.96. The molecule has 7 heteroatoms. The number of benzene rings is 2. The van der Waals surface area contributed by atoms with Gasteiger partial charge in [-0.05, 0) is 61.2 Å². The molecular weight excluding hydrogens is 408 g/mol. The minimum atomic E-state index is -0.827. The first kappa shape index (κ1) is 21.4. The number of piperidine rings is 1. The van der Waals surface area contributed by atoms with Crippen molar-refractivity contribution in [2.75, 3.05) is 13.1 Å². The van der Waals surface area contributed by atoms with Crippen LogP contribution in [-0.2, 0) is 4.79 Å². The van der Waals surface area contributed by atoms with Crippen LogP contribution in [0, 0.1) is 5.92 Å². The van der Waals surface area contributed by atoms with E-state index in [9.17, 15) is 9.59 Å². The van der Waals surface area contributed by atoms with Gasteiger partial charge in [-0.25, -0.2) is 4.98 Å². The second-order valence-electron chi connectivity index (χ2n) is 7.73. The zero-order valence-corrected chi connectivity index (χ0v) is 17.5. The first-order valence-corrected chi connectivity index (χ1v) is 10.5. The molecule has 0 aliphatic carbocycles. The van der Waals surface area contributed by atoms with Crippen molar-refractivity contribution in [3.63, 3.8) is 0 Å². The lowest BCUT2D eigenvalue weighted by molar-refractivity contribution is -0.138. The van der Waals surface area contributed by atoms with E-state index in [1.165, 1.54) is 6.20 Å². The molecule has 0 saturated carbocycles. The molecule has 1 atom stereocenters. The van der Waals surface area contributed by atoms with Gasteiger partial charge in [0.1, 0.15) is 17.2 Å². The van der Waals surface area contributed by atoms with E-state index in [2.05, 4.69) is 4.98 Å². The molecule has 1 fully saturated rings.